The first kappa shape index (κ1) is 13.0. The van der Waals surface area contributed by atoms with Crippen LogP contribution < -0.4 is 4.74 Å². The van der Waals surface area contributed by atoms with E-state index >= 15 is 0 Å². The van der Waals surface area contributed by atoms with Gasteiger partial charge in [0.15, 0.2) is 0 Å². The monoisotopic (exact) mass is 223 g/mol. The molecule has 0 aromatic heterocycles. The molecule has 1 atom stereocenters. The molecule has 1 N–H and O–H groups in total. The Morgan fingerprint density at radius 1 is 1.25 bits per heavy atom. The smallest absolute Gasteiger partial charge is 0.133 e. The molecule has 1 rings (SSSR count). The van der Waals surface area contributed by atoms with Crippen LogP contribution in [-0.4, -0.2) is 31.2 Å². The van der Waals surface area contributed by atoms with Gasteiger partial charge in [0.1, 0.15) is 12.0 Å². The zero-order chi connectivity index (χ0) is 12.3. The number of ether oxygens (including phenoxy) is 1. The Bertz CT molecular complexity index is 348. The molecule has 0 radical (unpaired) electrons. The Hall–Kier alpha value is -1.06. The van der Waals surface area contributed by atoms with Crippen molar-refractivity contribution in [1.29, 1.82) is 0 Å². The molecule has 0 saturated carbocycles. The van der Waals surface area contributed by atoms with Gasteiger partial charge in [0.2, 0.25) is 0 Å². The van der Waals surface area contributed by atoms with Crippen molar-refractivity contribution in [3.05, 3.63) is 29.3 Å². The van der Waals surface area contributed by atoms with Crippen LogP contribution in [0.2, 0.25) is 0 Å². The highest BCUT2D eigenvalue weighted by atomic mass is 16.5. The Labute approximate surface area is 97.7 Å². The quantitative estimate of drug-likeness (QED) is 0.795. The summed E-state index contributed by atoms with van der Waals surface area (Å²) in [6.45, 7) is 4.23. The molecule has 0 aliphatic carbocycles. The van der Waals surface area contributed by atoms with E-state index in [2.05, 4.69) is 13.8 Å². The highest BCUT2D eigenvalue weighted by molar-refractivity contribution is 5.39. The molecule has 0 bridgehead atoms. The Morgan fingerprint density at radius 2 is 1.88 bits per heavy atom. The summed E-state index contributed by atoms with van der Waals surface area (Å²) in [4.78, 5) is 1.77. The minimum absolute atomic E-state index is 0.379. The van der Waals surface area contributed by atoms with Gasteiger partial charge in [0, 0.05) is 0 Å². The van der Waals surface area contributed by atoms with Crippen LogP contribution in [0.1, 0.15) is 37.1 Å². The van der Waals surface area contributed by atoms with Crippen LogP contribution in [-0.2, 0) is 0 Å². The number of aliphatic hydroxyl groups excluding tert-OH is 1. The molecular formula is C13H21NO2. The summed E-state index contributed by atoms with van der Waals surface area (Å²) < 4.78 is 5.31. The average Bonchev–Trinajstić information content (AvgIpc) is 2.26. The molecule has 16 heavy (non-hydrogen) atoms. The largest absolute Gasteiger partial charge is 0.496 e. The number of rotatable bonds is 4. The fourth-order valence-corrected chi connectivity index (χ4v) is 1.66. The highest BCUT2D eigenvalue weighted by Crippen LogP contribution is 2.29. The molecular weight excluding hydrogens is 202 g/mol. The average molecular weight is 223 g/mol. The van der Waals surface area contributed by atoms with E-state index in [4.69, 9.17) is 4.74 Å². The predicted octanol–water partition coefficient (Wildman–Crippen LogP) is 2.37. The molecule has 0 spiro atoms. The maximum Gasteiger partial charge on any atom is 0.133 e. The SMILES string of the molecule is COc1ccc(C(O)N(C)C)cc1C(C)C. The Balaban J connectivity index is 3.11. The van der Waals surface area contributed by atoms with Crippen LogP contribution >= 0.6 is 0 Å². The lowest BCUT2D eigenvalue weighted by Gasteiger charge is -2.21. The summed E-state index contributed by atoms with van der Waals surface area (Å²) in [7, 11) is 5.37. The minimum Gasteiger partial charge on any atom is -0.496 e. The first-order valence-electron chi connectivity index (χ1n) is 5.49. The number of hydrogen-bond acceptors (Lipinski definition) is 3. The van der Waals surface area contributed by atoms with Crippen molar-refractivity contribution in [3.63, 3.8) is 0 Å². The third kappa shape index (κ3) is 2.74. The van der Waals surface area contributed by atoms with E-state index in [-0.39, 0.29) is 0 Å². The number of hydrogen-bond donors (Lipinski definition) is 1. The third-order valence-corrected chi connectivity index (χ3v) is 2.66. The fraction of sp³-hybridized carbons (Fsp3) is 0.538. The predicted molar refractivity (Wildman–Crippen MR) is 65.7 cm³/mol. The molecule has 0 fully saturated rings. The van der Waals surface area contributed by atoms with Crippen LogP contribution in [0.4, 0.5) is 0 Å². The summed E-state index contributed by atoms with van der Waals surface area (Å²) in [5, 5.41) is 9.95. The third-order valence-electron chi connectivity index (χ3n) is 2.66. The summed E-state index contributed by atoms with van der Waals surface area (Å²) in [5.74, 6) is 1.26. The van der Waals surface area contributed by atoms with Gasteiger partial charge in [-0.2, -0.15) is 0 Å². The summed E-state index contributed by atoms with van der Waals surface area (Å²) >= 11 is 0. The van der Waals surface area contributed by atoms with Gasteiger partial charge >= 0.3 is 0 Å². The molecule has 90 valence electrons. The number of nitrogens with zero attached hydrogens (tertiary/aromatic N) is 1. The lowest BCUT2D eigenvalue weighted by Crippen LogP contribution is -2.19. The molecule has 1 aromatic carbocycles. The van der Waals surface area contributed by atoms with Crippen molar-refractivity contribution in [2.75, 3.05) is 21.2 Å². The molecule has 1 aromatic rings. The summed E-state index contributed by atoms with van der Waals surface area (Å²) in [6.07, 6.45) is -0.566. The van der Waals surface area contributed by atoms with E-state index in [0.29, 0.717) is 5.92 Å². The second-order valence-electron chi connectivity index (χ2n) is 4.49. The number of methoxy groups -OCH3 is 1. The van der Waals surface area contributed by atoms with E-state index < -0.39 is 6.23 Å². The van der Waals surface area contributed by atoms with Gasteiger partial charge in [0.05, 0.1) is 7.11 Å². The topological polar surface area (TPSA) is 32.7 Å². The van der Waals surface area contributed by atoms with E-state index in [1.807, 2.05) is 32.3 Å². The lowest BCUT2D eigenvalue weighted by molar-refractivity contribution is 0.0394. The lowest BCUT2D eigenvalue weighted by atomic mass is 9.99. The molecule has 3 heteroatoms. The first-order valence-corrected chi connectivity index (χ1v) is 5.49. The molecule has 3 nitrogen and oxygen atoms in total. The van der Waals surface area contributed by atoms with Gasteiger partial charge in [-0.15, -0.1) is 0 Å². The van der Waals surface area contributed by atoms with Crippen molar-refractivity contribution >= 4 is 0 Å². The van der Waals surface area contributed by atoms with E-state index in [0.717, 1.165) is 16.9 Å². The van der Waals surface area contributed by atoms with Crippen LogP contribution in [0.3, 0.4) is 0 Å². The van der Waals surface area contributed by atoms with Crippen molar-refractivity contribution in [1.82, 2.24) is 4.90 Å². The van der Waals surface area contributed by atoms with Crippen LogP contribution in [0.5, 0.6) is 5.75 Å². The Morgan fingerprint density at radius 3 is 2.31 bits per heavy atom. The van der Waals surface area contributed by atoms with Gasteiger partial charge in [-0.05, 0) is 43.3 Å². The van der Waals surface area contributed by atoms with Crippen LogP contribution in [0.25, 0.3) is 0 Å². The standard InChI is InChI=1S/C13H21NO2/c1-9(2)11-8-10(13(15)14(3)4)6-7-12(11)16-5/h6-9,13,15H,1-5H3. The number of benzene rings is 1. The maximum absolute atomic E-state index is 9.95. The zero-order valence-electron chi connectivity index (χ0n) is 10.7. The highest BCUT2D eigenvalue weighted by Gasteiger charge is 2.14. The van der Waals surface area contributed by atoms with Gasteiger partial charge in [-0.25, -0.2) is 0 Å². The molecule has 0 heterocycles. The second-order valence-corrected chi connectivity index (χ2v) is 4.49. The number of aliphatic hydroxyl groups is 1. The van der Waals surface area contributed by atoms with E-state index in [9.17, 15) is 5.11 Å². The molecule has 1 unspecified atom stereocenters. The minimum atomic E-state index is -0.566. The molecule has 0 amide bonds. The van der Waals surface area contributed by atoms with Crippen LogP contribution in [0.15, 0.2) is 18.2 Å². The van der Waals surface area contributed by atoms with Gasteiger partial charge in [-0.1, -0.05) is 19.9 Å². The Kier molecular flexibility index (Phi) is 4.33. The van der Waals surface area contributed by atoms with E-state index in [1.165, 1.54) is 0 Å². The van der Waals surface area contributed by atoms with Crippen molar-refractivity contribution in [3.8, 4) is 5.75 Å². The van der Waals surface area contributed by atoms with Gasteiger partial charge < -0.3 is 9.84 Å². The molecule has 0 aliphatic rings. The second kappa shape index (κ2) is 5.32. The maximum atomic E-state index is 9.95. The van der Waals surface area contributed by atoms with Crippen molar-refractivity contribution in [2.45, 2.75) is 26.0 Å². The normalized spacial score (nSPS) is 13.2. The zero-order valence-corrected chi connectivity index (χ0v) is 10.7. The van der Waals surface area contributed by atoms with Crippen molar-refractivity contribution < 1.29 is 9.84 Å². The summed E-state index contributed by atoms with van der Waals surface area (Å²) in [6, 6.07) is 5.82. The fourth-order valence-electron chi connectivity index (χ4n) is 1.66. The summed E-state index contributed by atoms with van der Waals surface area (Å²) in [5.41, 5.74) is 2.02. The van der Waals surface area contributed by atoms with Crippen molar-refractivity contribution in [2.24, 2.45) is 0 Å². The van der Waals surface area contributed by atoms with Gasteiger partial charge in [0.25, 0.3) is 0 Å². The first-order chi connectivity index (χ1) is 7.47. The molecule has 0 aliphatic heterocycles. The van der Waals surface area contributed by atoms with Gasteiger partial charge in [-0.3, -0.25) is 4.90 Å². The molecule has 0 saturated heterocycles. The van der Waals surface area contributed by atoms with Crippen LogP contribution in [0, 0.1) is 0 Å². The van der Waals surface area contributed by atoms with E-state index in [1.54, 1.807) is 12.0 Å².